The predicted molar refractivity (Wildman–Crippen MR) is 91.6 cm³/mol. The number of carbonyl (C=O) groups is 2. The van der Waals surface area contributed by atoms with Crippen molar-refractivity contribution in [1.29, 1.82) is 0 Å². The fourth-order valence-electron chi connectivity index (χ4n) is 2.06. The number of para-hydroxylation sites is 1. The minimum Gasteiger partial charge on any atom is -0.496 e. The Bertz CT molecular complexity index is 702. The smallest absolute Gasteiger partial charge is 0.413 e. The van der Waals surface area contributed by atoms with Crippen LogP contribution in [0.3, 0.4) is 0 Å². The molecule has 0 unspecified atom stereocenters. The van der Waals surface area contributed by atoms with Crippen molar-refractivity contribution in [1.82, 2.24) is 10.3 Å². The molecule has 8 heteroatoms. The SMILES string of the molecule is COC(=O)Nc1nc(CC(=O)NCCc2ccccc2OC)cs1. The van der Waals surface area contributed by atoms with Gasteiger partial charge in [-0.25, -0.2) is 9.78 Å². The molecule has 0 saturated heterocycles. The third-order valence-corrected chi connectivity index (χ3v) is 4.00. The lowest BCUT2D eigenvalue weighted by atomic mass is 10.1. The zero-order valence-corrected chi connectivity index (χ0v) is 14.3. The molecule has 0 atom stereocenters. The maximum Gasteiger partial charge on any atom is 0.413 e. The Balaban J connectivity index is 1.78. The van der Waals surface area contributed by atoms with Gasteiger partial charge in [-0.15, -0.1) is 11.3 Å². The third-order valence-electron chi connectivity index (χ3n) is 3.20. The Labute approximate surface area is 144 Å². The molecule has 0 bridgehead atoms. The molecule has 1 heterocycles. The number of carbonyl (C=O) groups excluding carboxylic acids is 2. The Morgan fingerprint density at radius 1 is 1.25 bits per heavy atom. The summed E-state index contributed by atoms with van der Waals surface area (Å²) in [5, 5.41) is 7.44. The fourth-order valence-corrected chi connectivity index (χ4v) is 2.75. The first kappa shape index (κ1) is 17.7. The van der Waals surface area contributed by atoms with Crippen LogP contribution in [-0.2, 0) is 22.4 Å². The molecule has 0 aliphatic rings. The van der Waals surface area contributed by atoms with Crippen LogP contribution in [0.15, 0.2) is 29.6 Å². The van der Waals surface area contributed by atoms with Gasteiger partial charge in [0.15, 0.2) is 5.13 Å². The van der Waals surface area contributed by atoms with Gasteiger partial charge in [0.2, 0.25) is 5.91 Å². The molecule has 128 valence electrons. The molecule has 0 spiro atoms. The second kappa shape index (κ2) is 8.88. The molecule has 7 nitrogen and oxygen atoms in total. The van der Waals surface area contributed by atoms with Crippen LogP contribution in [0.4, 0.5) is 9.93 Å². The molecule has 2 rings (SSSR count). The molecule has 0 radical (unpaired) electrons. The Morgan fingerprint density at radius 3 is 2.79 bits per heavy atom. The van der Waals surface area contributed by atoms with E-state index < -0.39 is 6.09 Å². The Morgan fingerprint density at radius 2 is 2.04 bits per heavy atom. The van der Waals surface area contributed by atoms with Crippen molar-refractivity contribution in [2.24, 2.45) is 0 Å². The van der Waals surface area contributed by atoms with E-state index in [-0.39, 0.29) is 12.3 Å². The van der Waals surface area contributed by atoms with Gasteiger partial charge in [0, 0.05) is 11.9 Å². The first-order valence-corrected chi connectivity index (χ1v) is 8.18. The fraction of sp³-hybridized carbons (Fsp3) is 0.312. The summed E-state index contributed by atoms with van der Waals surface area (Å²) in [5.74, 6) is 0.685. The van der Waals surface area contributed by atoms with Gasteiger partial charge in [0.25, 0.3) is 0 Å². The maximum atomic E-state index is 12.0. The van der Waals surface area contributed by atoms with E-state index >= 15 is 0 Å². The van der Waals surface area contributed by atoms with Crippen LogP contribution in [0.5, 0.6) is 5.75 Å². The lowest BCUT2D eigenvalue weighted by Gasteiger charge is -2.08. The van der Waals surface area contributed by atoms with Gasteiger partial charge in [-0.2, -0.15) is 0 Å². The lowest BCUT2D eigenvalue weighted by molar-refractivity contribution is -0.120. The van der Waals surface area contributed by atoms with Crippen molar-refractivity contribution in [2.75, 3.05) is 26.1 Å². The van der Waals surface area contributed by atoms with Gasteiger partial charge in [-0.3, -0.25) is 10.1 Å². The highest BCUT2D eigenvalue weighted by Gasteiger charge is 2.10. The predicted octanol–water partition coefficient (Wildman–Crippen LogP) is 2.23. The van der Waals surface area contributed by atoms with E-state index in [1.165, 1.54) is 18.4 Å². The molecule has 0 saturated carbocycles. The summed E-state index contributed by atoms with van der Waals surface area (Å²) in [7, 11) is 2.90. The molecule has 0 aliphatic heterocycles. The molecule has 1 aromatic carbocycles. The molecular weight excluding hydrogens is 330 g/mol. The first-order valence-electron chi connectivity index (χ1n) is 7.30. The highest BCUT2D eigenvalue weighted by atomic mass is 32.1. The molecule has 24 heavy (non-hydrogen) atoms. The van der Waals surface area contributed by atoms with Gasteiger partial charge in [-0.1, -0.05) is 18.2 Å². The summed E-state index contributed by atoms with van der Waals surface area (Å²) in [4.78, 5) is 27.2. The zero-order valence-electron chi connectivity index (χ0n) is 13.5. The average Bonchev–Trinajstić information content (AvgIpc) is 3.01. The average molecular weight is 349 g/mol. The highest BCUT2D eigenvalue weighted by molar-refractivity contribution is 7.13. The summed E-state index contributed by atoms with van der Waals surface area (Å²) >= 11 is 1.24. The first-order chi connectivity index (χ1) is 11.6. The number of methoxy groups -OCH3 is 2. The number of aromatic nitrogens is 1. The van der Waals surface area contributed by atoms with Crippen molar-refractivity contribution < 1.29 is 19.1 Å². The number of hydrogen-bond donors (Lipinski definition) is 2. The standard InChI is InChI=1S/C16H19N3O4S/c1-22-13-6-4-3-5-11(13)7-8-17-14(20)9-12-10-24-15(18-12)19-16(21)23-2/h3-6,10H,7-9H2,1-2H3,(H,17,20)(H,18,19,21). The third kappa shape index (κ3) is 5.24. The molecular formula is C16H19N3O4S. The van der Waals surface area contributed by atoms with Crippen LogP contribution in [-0.4, -0.2) is 37.7 Å². The lowest BCUT2D eigenvalue weighted by Crippen LogP contribution is -2.27. The van der Waals surface area contributed by atoms with E-state index in [2.05, 4.69) is 20.4 Å². The van der Waals surface area contributed by atoms with Crippen molar-refractivity contribution in [3.05, 3.63) is 40.9 Å². The topological polar surface area (TPSA) is 89.5 Å². The number of ether oxygens (including phenoxy) is 2. The van der Waals surface area contributed by atoms with E-state index in [1.54, 1.807) is 12.5 Å². The molecule has 0 aliphatic carbocycles. The second-order valence-corrected chi connectivity index (χ2v) is 5.71. The minimum absolute atomic E-state index is 0.125. The quantitative estimate of drug-likeness (QED) is 0.800. The van der Waals surface area contributed by atoms with Crippen LogP contribution >= 0.6 is 11.3 Å². The molecule has 2 N–H and O–H groups in total. The number of thiazole rings is 1. The molecule has 1 aromatic heterocycles. The number of rotatable bonds is 7. The summed E-state index contributed by atoms with van der Waals surface area (Å²) in [6.45, 7) is 0.511. The highest BCUT2D eigenvalue weighted by Crippen LogP contribution is 2.17. The van der Waals surface area contributed by atoms with E-state index in [0.29, 0.717) is 23.8 Å². The summed E-state index contributed by atoms with van der Waals surface area (Å²) < 4.78 is 9.76. The largest absolute Gasteiger partial charge is 0.496 e. The monoisotopic (exact) mass is 349 g/mol. The molecule has 0 fully saturated rings. The van der Waals surface area contributed by atoms with Gasteiger partial charge in [0.05, 0.1) is 26.3 Å². The van der Waals surface area contributed by atoms with E-state index in [4.69, 9.17) is 4.74 Å². The molecule has 2 amide bonds. The van der Waals surface area contributed by atoms with Crippen LogP contribution in [0.25, 0.3) is 0 Å². The summed E-state index contributed by atoms with van der Waals surface area (Å²) in [6.07, 6.45) is 0.255. The summed E-state index contributed by atoms with van der Waals surface area (Å²) in [5.41, 5.74) is 1.64. The summed E-state index contributed by atoms with van der Waals surface area (Å²) in [6, 6.07) is 7.70. The number of amides is 2. The van der Waals surface area contributed by atoms with Crippen molar-refractivity contribution in [3.8, 4) is 5.75 Å². The Kier molecular flexibility index (Phi) is 6.56. The van der Waals surface area contributed by atoms with E-state index in [0.717, 1.165) is 11.3 Å². The van der Waals surface area contributed by atoms with Crippen molar-refractivity contribution in [2.45, 2.75) is 12.8 Å². The number of nitrogens with one attached hydrogen (secondary N) is 2. The van der Waals surface area contributed by atoms with E-state index in [9.17, 15) is 9.59 Å². The number of benzene rings is 1. The Hall–Kier alpha value is -2.61. The van der Waals surface area contributed by atoms with Crippen molar-refractivity contribution >= 4 is 28.5 Å². The normalized spacial score (nSPS) is 10.1. The second-order valence-electron chi connectivity index (χ2n) is 4.85. The van der Waals surface area contributed by atoms with Crippen molar-refractivity contribution in [3.63, 3.8) is 0 Å². The van der Waals surface area contributed by atoms with Crippen LogP contribution in [0, 0.1) is 0 Å². The number of anilines is 1. The van der Waals surface area contributed by atoms with Gasteiger partial charge < -0.3 is 14.8 Å². The molecule has 2 aromatic rings. The zero-order chi connectivity index (χ0) is 17.4. The van der Waals surface area contributed by atoms with Crippen LogP contribution < -0.4 is 15.4 Å². The number of hydrogen-bond acceptors (Lipinski definition) is 6. The van der Waals surface area contributed by atoms with E-state index in [1.807, 2.05) is 24.3 Å². The van der Waals surface area contributed by atoms with Crippen LogP contribution in [0.1, 0.15) is 11.3 Å². The minimum atomic E-state index is -0.586. The number of nitrogens with zero attached hydrogens (tertiary/aromatic N) is 1. The van der Waals surface area contributed by atoms with Gasteiger partial charge >= 0.3 is 6.09 Å². The van der Waals surface area contributed by atoms with Crippen LogP contribution in [0.2, 0.25) is 0 Å². The maximum absolute atomic E-state index is 12.0. The van der Waals surface area contributed by atoms with Gasteiger partial charge in [0.1, 0.15) is 5.75 Å². The van der Waals surface area contributed by atoms with Gasteiger partial charge in [-0.05, 0) is 18.1 Å².